The van der Waals surface area contributed by atoms with Crippen molar-refractivity contribution in [3.05, 3.63) is 55.1 Å². The summed E-state index contributed by atoms with van der Waals surface area (Å²) in [5.74, 6) is 1.57. The Morgan fingerprint density at radius 1 is 1.43 bits per heavy atom. The van der Waals surface area contributed by atoms with Crippen molar-refractivity contribution in [1.82, 2.24) is 9.55 Å². The Bertz CT molecular complexity index is 758. The third-order valence-electron chi connectivity index (χ3n) is 3.53. The molecule has 0 radical (unpaired) electrons. The zero-order valence-corrected chi connectivity index (χ0v) is 13.9. The van der Waals surface area contributed by atoms with Gasteiger partial charge in [0.15, 0.2) is 0 Å². The SMILES string of the molecule is CCc1nc(Cl)cc(=O)n1Cc1cc(Br)cc2c1OCC2. The van der Waals surface area contributed by atoms with Gasteiger partial charge in [0, 0.05) is 28.9 Å². The Morgan fingerprint density at radius 2 is 2.24 bits per heavy atom. The van der Waals surface area contributed by atoms with Crippen molar-refractivity contribution in [2.45, 2.75) is 26.3 Å². The largest absolute Gasteiger partial charge is 0.493 e. The first kappa shape index (κ1) is 14.6. The Balaban J connectivity index is 2.08. The molecule has 1 aliphatic rings. The summed E-state index contributed by atoms with van der Waals surface area (Å²) >= 11 is 9.38. The van der Waals surface area contributed by atoms with Gasteiger partial charge < -0.3 is 4.74 Å². The second-order valence-electron chi connectivity index (χ2n) is 4.92. The molecular weight excluding hydrogens is 356 g/mol. The molecule has 3 rings (SSSR count). The van der Waals surface area contributed by atoms with Gasteiger partial charge >= 0.3 is 0 Å². The van der Waals surface area contributed by atoms with Crippen LogP contribution in [-0.2, 0) is 19.4 Å². The fraction of sp³-hybridized carbons (Fsp3) is 0.333. The first-order chi connectivity index (χ1) is 10.1. The van der Waals surface area contributed by atoms with Gasteiger partial charge in [-0.25, -0.2) is 4.98 Å². The lowest BCUT2D eigenvalue weighted by molar-refractivity contribution is 0.352. The standard InChI is InChI=1S/C15H14BrClN2O2/c1-2-13-18-12(17)7-14(20)19(13)8-10-6-11(16)5-9-3-4-21-15(9)10/h5-7H,2-4,8H2,1H3. The van der Waals surface area contributed by atoms with Gasteiger partial charge in [-0.3, -0.25) is 9.36 Å². The van der Waals surface area contributed by atoms with Crippen LogP contribution in [0, 0.1) is 0 Å². The van der Waals surface area contributed by atoms with Gasteiger partial charge in [-0.05, 0) is 17.7 Å². The van der Waals surface area contributed by atoms with E-state index in [9.17, 15) is 4.79 Å². The zero-order chi connectivity index (χ0) is 15.0. The summed E-state index contributed by atoms with van der Waals surface area (Å²) in [5.41, 5.74) is 2.02. The van der Waals surface area contributed by atoms with E-state index in [0.29, 0.717) is 25.4 Å². The number of ether oxygens (including phenoxy) is 1. The van der Waals surface area contributed by atoms with Crippen LogP contribution in [0.2, 0.25) is 5.15 Å². The molecule has 2 aromatic rings. The van der Waals surface area contributed by atoms with Crippen molar-refractivity contribution < 1.29 is 4.74 Å². The van der Waals surface area contributed by atoms with Gasteiger partial charge in [0.05, 0.1) is 13.2 Å². The van der Waals surface area contributed by atoms with E-state index < -0.39 is 0 Å². The summed E-state index contributed by atoms with van der Waals surface area (Å²) in [5, 5.41) is 0.240. The number of hydrogen-bond donors (Lipinski definition) is 0. The predicted molar refractivity (Wildman–Crippen MR) is 85.3 cm³/mol. The lowest BCUT2D eigenvalue weighted by Crippen LogP contribution is -2.25. The average molecular weight is 370 g/mol. The molecule has 1 aliphatic heterocycles. The monoisotopic (exact) mass is 368 g/mol. The molecule has 4 nitrogen and oxygen atoms in total. The third kappa shape index (κ3) is 2.85. The maximum atomic E-state index is 12.2. The smallest absolute Gasteiger partial charge is 0.255 e. The highest BCUT2D eigenvalue weighted by molar-refractivity contribution is 9.10. The van der Waals surface area contributed by atoms with E-state index in [4.69, 9.17) is 16.3 Å². The molecule has 0 N–H and O–H groups in total. The summed E-state index contributed by atoms with van der Waals surface area (Å²) < 4.78 is 8.35. The van der Waals surface area contributed by atoms with Crippen LogP contribution < -0.4 is 10.3 Å². The summed E-state index contributed by atoms with van der Waals surface area (Å²) in [6, 6.07) is 5.40. The molecular formula is C15H14BrClN2O2. The minimum absolute atomic E-state index is 0.140. The van der Waals surface area contributed by atoms with E-state index in [1.54, 1.807) is 4.57 Å². The molecule has 110 valence electrons. The number of halogens is 2. The van der Waals surface area contributed by atoms with E-state index >= 15 is 0 Å². The van der Waals surface area contributed by atoms with E-state index in [0.717, 1.165) is 22.2 Å². The number of rotatable bonds is 3. The molecule has 0 amide bonds. The molecule has 0 saturated heterocycles. The maximum Gasteiger partial charge on any atom is 0.255 e. The highest BCUT2D eigenvalue weighted by atomic mass is 79.9. The van der Waals surface area contributed by atoms with Crippen LogP contribution in [-0.4, -0.2) is 16.2 Å². The highest BCUT2D eigenvalue weighted by Gasteiger charge is 2.19. The summed E-state index contributed by atoms with van der Waals surface area (Å²) in [6.45, 7) is 3.08. The number of aryl methyl sites for hydroxylation is 1. The molecule has 21 heavy (non-hydrogen) atoms. The van der Waals surface area contributed by atoms with Crippen LogP contribution in [0.4, 0.5) is 0 Å². The van der Waals surface area contributed by atoms with E-state index in [2.05, 4.69) is 27.0 Å². The Hall–Kier alpha value is -1.33. The van der Waals surface area contributed by atoms with Crippen molar-refractivity contribution in [2.75, 3.05) is 6.61 Å². The fourth-order valence-electron chi connectivity index (χ4n) is 2.60. The molecule has 0 saturated carbocycles. The number of fused-ring (bicyclic) bond motifs is 1. The van der Waals surface area contributed by atoms with Crippen molar-refractivity contribution in [1.29, 1.82) is 0 Å². The minimum atomic E-state index is -0.140. The van der Waals surface area contributed by atoms with Crippen LogP contribution in [0.15, 0.2) is 27.5 Å². The predicted octanol–water partition coefficient (Wildman–Crippen LogP) is 3.20. The first-order valence-electron chi connectivity index (χ1n) is 6.79. The summed E-state index contributed by atoms with van der Waals surface area (Å²) in [4.78, 5) is 16.4. The maximum absolute atomic E-state index is 12.2. The molecule has 0 spiro atoms. The fourth-order valence-corrected chi connectivity index (χ4v) is 3.34. The van der Waals surface area contributed by atoms with Crippen molar-refractivity contribution in [2.24, 2.45) is 0 Å². The lowest BCUT2D eigenvalue weighted by atomic mass is 10.1. The molecule has 1 aromatic carbocycles. The van der Waals surface area contributed by atoms with Gasteiger partial charge in [-0.1, -0.05) is 34.5 Å². The second kappa shape index (κ2) is 5.81. The van der Waals surface area contributed by atoms with Crippen LogP contribution in [0.3, 0.4) is 0 Å². The van der Waals surface area contributed by atoms with Crippen LogP contribution in [0.25, 0.3) is 0 Å². The number of benzene rings is 1. The molecule has 1 aromatic heterocycles. The Morgan fingerprint density at radius 3 is 3.00 bits per heavy atom. The van der Waals surface area contributed by atoms with Gasteiger partial charge in [0.1, 0.15) is 16.7 Å². The third-order valence-corrected chi connectivity index (χ3v) is 4.18. The van der Waals surface area contributed by atoms with Crippen molar-refractivity contribution >= 4 is 27.5 Å². The van der Waals surface area contributed by atoms with Crippen LogP contribution in [0.5, 0.6) is 5.75 Å². The Labute approximate surface area is 135 Å². The van der Waals surface area contributed by atoms with Crippen molar-refractivity contribution in [3.63, 3.8) is 0 Å². The first-order valence-corrected chi connectivity index (χ1v) is 7.96. The van der Waals surface area contributed by atoms with Gasteiger partial charge in [0.25, 0.3) is 5.56 Å². The molecule has 6 heteroatoms. The zero-order valence-electron chi connectivity index (χ0n) is 11.5. The number of hydrogen-bond acceptors (Lipinski definition) is 3. The Kier molecular flexibility index (Phi) is 4.04. The summed E-state index contributed by atoms with van der Waals surface area (Å²) in [6.07, 6.45) is 1.54. The van der Waals surface area contributed by atoms with E-state index in [1.165, 1.54) is 11.6 Å². The minimum Gasteiger partial charge on any atom is -0.493 e. The second-order valence-corrected chi connectivity index (χ2v) is 6.23. The normalized spacial score (nSPS) is 13.1. The molecule has 0 unspecified atom stereocenters. The van der Waals surface area contributed by atoms with E-state index in [-0.39, 0.29) is 10.7 Å². The number of nitrogens with zero attached hydrogens (tertiary/aromatic N) is 2. The van der Waals surface area contributed by atoms with E-state index in [1.807, 2.05) is 13.0 Å². The topological polar surface area (TPSA) is 44.1 Å². The van der Waals surface area contributed by atoms with Gasteiger partial charge in [0.2, 0.25) is 0 Å². The number of aromatic nitrogens is 2. The molecule has 0 atom stereocenters. The lowest BCUT2D eigenvalue weighted by Gasteiger charge is -2.14. The van der Waals surface area contributed by atoms with Crippen LogP contribution >= 0.6 is 27.5 Å². The van der Waals surface area contributed by atoms with Gasteiger partial charge in [-0.15, -0.1) is 0 Å². The summed E-state index contributed by atoms with van der Waals surface area (Å²) in [7, 11) is 0. The molecule has 0 fully saturated rings. The highest BCUT2D eigenvalue weighted by Crippen LogP contribution is 2.33. The van der Waals surface area contributed by atoms with Gasteiger partial charge in [-0.2, -0.15) is 0 Å². The average Bonchev–Trinajstić information content (AvgIpc) is 2.89. The molecule has 0 aliphatic carbocycles. The van der Waals surface area contributed by atoms with Crippen molar-refractivity contribution in [3.8, 4) is 5.75 Å². The molecule has 2 heterocycles. The molecule has 0 bridgehead atoms. The van der Waals surface area contributed by atoms with Crippen LogP contribution in [0.1, 0.15) is 23.9 Å². The quantitative estimate of drug-likeness (QED) is 0.780.